The molecule has 4 heteroatoms. The molecule has 0 saturated heterocycles. The second-order valence-electron chi connectivity index (χ2n) is 5.64. The summed E-state index contributed by atoms with van der Waals surface area (Å²) in [6.07, 6.45) is 6.32. The van der Waals surface area contributed by atoms with Crippen LogP contribution in [0.2, 0.25) is 0 Å². The van der Waals surface area contributed by atoms with Gasteiger partial charge in [0.15, 0.2) is 0 Å². The van der Waals surface area contributed by atoms with Gasteiger partial charge in [0.1, 0.15) is 0 Å². The Morgan fingerprint density at radius 2 is 1.74 bits per heavy atom. The number of aliphatic hydroxyl groups is 2. The van der Waals surface area contributed by atoms with Crippen molar-refractivity contribution in [3.8, 4) is 0 Å². The molecule has 0 aromatic carbocycles. The van der Waals surface area contributed by atoms with Crippen molar-refractivity contribution < 1.29 is 19.7 Å². The molecule has 1 fully saturated rings. The molecule has 0 spiro atoms. The van der Waals surface area contributed by atoms with Crippen LogP contribution in [0.4, 0.5) is 0 Å². The Kier molecular flexibility index (Phi) is 7.39. The standard InChI is InChI=1S/C15H28O4/c1-3-11-12(14(17)10-13(11)16)8-6-4-5-7-9-15(18)19-2/h11-14,16-17H,3-10H2,1-2H3/t11-,12?,13+,14+/m1/s1. The van der Waals surface area contributed by atoms with Gasteiger partial charge in [0, 0.05) is 6.42 Å². The molecule has 1 unspecified atom stereocenters. The van der Waals surface area contributed by atoms with Crippen molar-refractivity contribution in [3.05, 3.63) is 0 Å². The predicted octanol–water partition coefficient (Wildman–Crippen LogP) is 2.27. The minimum absolute atomic E-state index is 0.139. The summed E-state index contributed by atoms with van der Waals surface area (Å²) in [4.78, 5) is 10.9. The zero-order valence-corrected chi connectivity index (χ0v) is 12.2. The highest BCUT2D eigenvalue weighted by Gasteiger charge is 2.39. The zero-order chi connectivity index (χ0) is 14.3. The number of ether oxygens (including phenoxy) is 1. The second kappa shape index (κ2) is 8.54. The van der Waals surface area contributed by atoms with E-state index in [4.69, 9.17) is 0 Å². The number of hydrogen-bond donors (Lipinski definition) is 2. The molecule has 1 saturated carbocycles. The van der Waals surface area contributed by atoms with E-state index in [-0.39, 0.29) is 30.0 Å². The van der Waals surface area contributed by atoms with E-state index in [1.165, 1.54) is 7.11 Å². The lowest BCUT2D eigenvalue weighted by Gasteiger charge is -2.22. The fourth-order valence-electron chi connectivity index (χ4n) is 3.25. The summed E-state index contributed by atoms with van der Waals surface area (Å²) in [6, 6.07) is 0. The lowest BCUT2D eigenvalue weighted by Crippen LogP contribution is -2.21. The van der Waals surface area contributed by atoms with Gasteiger partial charge in [-0.25, -0.2) is 0 Å². The van der Waals surface area contributed by atoms with Gasteiger partial charge < -0.3 is 14.9 Å². The largest absolute Gasteiger partial charge is 0.469 e. The molecule has 0 aromatic heterocycles. The van der Waals surface area contributed by atoms with E-state index in [9.17, 15) is 15.0 Å². The van der Waals surface area contributed by atoms with Gasteiger partial charge in [0.2, 0.25) is 0 Å². The molecule has 0 aliphatic heterocycles. The van der Waals surface area contributed by atoms with Crippen LogP contribution in [0.3, 0.4) is 0 Å². The molecular weight excluding hydrogens is 244 g/mol. The third-order valence-electron chi connectivity index (χ3n) is 4.39. The average Bonchev–Trinajstić information content (AvgIpc) is 2.67. The molecule has 1 rings (SSSR count). The van der Waals surface area contributed by atoms with E-state index in [1.807, 2.05) is 0 Å². The maximum absolute atomic E-state index is 10.9. The van der Waals surface area contributed by atoms with Crippen LogP contribution in [-0.4, -0.2) is 35.5 Å². The minimum atomic E-state index is -0.338. The highest BCUT2D eigenvalue weighted by Crippen LogP contribution is 2.37. The smallest absolute Gasteiger partial charge is 0.305 e. The number of carbonyl (C=O) groups excluding carboxylic acids is 1. The molecule has 0 aromatic rings. The van der Waals surface area contributed by atoms with Gasteiger partial charge in [-0.2, -0.15) is 0 Å². The molecule has 112 valence electrons. The van der Waals surface area contributed by atoms with Gasteiger partial charge in [0.25, 0.3) is 0 Å². The molecule has 0 amide bonds. The topological polar surface area (TPSA) is 66.8 Å². The van der Waals surface area contributed by atoms with E-state index in [2.05, 4.69) is 11.7 Å². The van der Waals surface area contributed by atoms with E-state index >= 15 is 0 Å². The van der Waals surface area contributed by atoms with E-state index in [0.29, 0.717) is 12.8 Å². The molecule has 1 aliphatic carbocycles. The molecule has 2 N–H and O–H groups in total. The van der Waals surface area contributed by atoms with Crippen LogP contribution < -0.4 is 0 Å². The van der Waals surface area contributed by atoms with Crippen LogP contribution >= 0.6 is 0 Å². The summed E-state index contributed by atoms with van der Waals surface area (Å²) in [6.45, 7) is 2.08. The van der Waals surface area contributed by atoms with Crippen LogP contribution in [0.5, 0.6) is 0 Å². The second-order valence-corrected chi connectivity index (χ2v) is 5.64. The first-order valence-electron chi connectivity index (χ1n) is 7.53. The third kappa shape index (κ3) is 5.11. The summed E-state index contributed by atoms with van der Waals surface area (Å²) in [5.41, 5.74) is 0. The number of carbonyl (C=O) groups is 1. The first-order chi connectivity index (χ1) is 9.10. The Labute approximate surface area is 116 Å². The molecule has 0 bridgehead atoms. The van der Waals surface area contributed by atoms with Crippen molar-refractivity contribution in [1.82, 2.24) is 0 Å². The normalized spacial score (nSPS) is 30.5. The van der Waals surface area contributed by atoms with E-state index in [0.717, 1.165) is 38.5 Å². The van der Waals surface area contributed by atoms with Crippen LogP contribution in [0.25, 0.3) is 0 Å². The summed E-state index contributed by atoms with van der Waals surface area (Å²) in [5.74, 6) is 0.367. The maximum Gasteiger partial charge on any atom is 0.305 e. The maximum atomic E-state index is 10.9. The summed E-state index contributed by atoms with van der Waals surface area (Å²) >= 11 is 0. The number of rotatable bonds is 8. The third-order valence-corrected chi connectivity index (χ3v) is 4.39. The molecular formula is C15H28O4. The highest BCUT2D eigenvalue weighted by atomic mass is 16.5. The van der Waals surface area contributed by atoms with Gasteiger partial charge in [-0.15, -0.1) is 0 Å². The lowest BCUT2D eigenvalue weighted by molar-refractivity contribution is -0.140. The molecule has 0 radical (unpaired) electrons. The average molecular weight is 272 g/mol. The lowest BCUT2D eigenvalue weighted by atomic mass is 9.87. The summed E-state index contributed by atoms with van der Waals surface area (Å²) in [5, 5.41) is 19.8. The number of methoxy groups -OCH3 is 1. The van der Waals surface area contributed by atoms with Crippen molar-refractivity contribution in [2.75, 3.05) is 7.11 Å². The number of aliphatic hydroxyl groups excluding tert-OH is 2. The molecule has 4 atom stereocenters. The minimum Gasteiger partial charge on any atom is -0.469 e. The number of esters is 1. The van der Waals surface area contributed by atoms with Crippen molar-refractivity contribution in [2.45, 2.75) is 70.5 Å². The number of hydrogen-bond acceptors (Lipinski definition) is 4. The molecule has 19 heavy (non-hydrogen) atoms. The Balaban J connectivity index is 2.13. The predicted molar refractivity (Wildman–Crippen MR) is 73.6 cm³/mol. The fraction of sp³-hybridized carbons (Fsp3) is 0.933. The Bertz CT molecular complexity index is 267. The van der Waals surface area contributed by atoms with Crippen molar-refractivity contribution in [2.24, 2.45) is 11.8 Å². The van der Waals surface area contributed by atoms with Gasteiger partial charge in [-0.3, -0.25) is 4.79 Å². The summed E-state index contributed by atoms with van der Waals surface area (Å²) < 4.78 is 4.59. The summed E-state index contributed by atoms with van der Waals surface area (Å²) in [7, 11) is 1.42. The van der Waals surface area contributed by atoms with Gasteiger partial charge >= 0.3 is 5.97 Å². The molecule has 1 aliphatic rings. The molecule has 4 nitrogen and oxygen atoms in total. The van der Waals surface area contributed by atoms with Crippen molar-refractivity contribution in [1.29, 1.82) is 0 Å². The van der Waals surface area contributed by atoms with Crippen molar-refractivity contribution >= 4 is 5.97 Å². The SMILES string of the molecule is CC[C@@H]1C(CCCCCCC(=O)OC)[C@@H](O)C[C@@H]1O. The van der Waals surface area contributed by atoms with Gasteiger partial charge in [0.05, 0.1) is 19.3 Å². The fourth-order valence-corrected chi connectivity index (χ4v) is 3.25. The first kappa shape index (κ1) is 16.4. The van der Waals surface area contributed by atoms with Gasteiger partial charge in [-0.05, 0) is 31.1 Å². The van der Waals surface area contributed by atoms with Crippen LogP contribution in [-0.2, 0) is 9.53 Å². The van der Waals surface area contributed by atoms with Crippen LogP contribution in [0.1, 0.15) is 58.3 Å². The Morgan fingerprint density at radius 1 is 1.11 bits per heavy atom. The van der Waals surface area contributed by atoms with Crippen LogP contribution in [0.15, 0.2) is 0 Å². The monoisotopic (exact) mass is 272 g/mol. The van der Waals surface area contributed by atoms with Gasteiger partial charge in [-0.1, -0.05) is 32.6 Å². The Morgan fingerprint density at radius 3 is 2.37 bits per heavy atom. The first-order valence-corrected chi connectivity index (χ1v) is 7.53. The van der Waals surface area contributed by atoms with E-state index < -0.39 is 0 Å². The molecule has 0 heterocycles. The van der Waals surface area contributed by atoms with E-state index in [1.54, 1.807) is 0 Å². The highest BCUT2D eigenvalue weighted by molar-refractivity contribution is 5.68. The number of unbranched alkanes of at least 4 members (excludes halogenated alkanes) is 3. The van der Waals surface area contributed by atoms with Crippen LogP contribution in [0, 0.1) is 11.8 Å². The Hall–Kier alpha value is -0.610. The quantitative estimate of drug-likeness (QED) is 0.525. The van der Waals surface area contributed by atoms with Crippen molar-refractivity contribution in [3.63, 3.8) is 0 Å². The zero-order valence-electron chi connectivity index (χ0n) is 12.2.